The van der Waals surface area contributed by atoms with E-state index < -0.39 is 0 Å². The van der Waals surface area contributed by atoms with E-state index in [2.05, 4.69) is 24.3 Å². The highest BCUT2D eigenvalue weighted by Crippen LogP contribution is 2.17. The van der Waals surface area contributed by atoms with Crippen LogP contribution in [0.5, 0.6) is 5.75 Å². The van der Waals surface area contributed by atoms with Crippen molar-refractivity contribution >= 4 is 5.69 Å². The first kappa shape index (κ1) is 12.5. The van der Waals surface area contributed by atoms with Crippen LogP contribution in [0.15, 0.2) is 36.5 Å². The maximum atomic E-state index is 5.18. The molecule has 0 atom stereocenters. The average Bonchev–Trinajstić information content (AvgIpc) is 2.85. The largest absolute Gasteiger partial charge is 0.497 e. The Morgan fingerprint density at radius 2 is 2.17 bits per heavy atom. The number of methoxy groups -OCH3 is 1. The summed E-state index contributed by atoms with van der Waals surface area (Å²) < 4.78 is 7.14. The number of benzene rings is 1. The van der Waals surface area contributed by atoms with Gasteiger partial charge < -0.3 is 10.1 Å². The van der Waals surface area contributed by atoms with E-state index in [1.54, 1.807) is 7.11 Å². The van der Waals surface area contributed by atoms with Crippen LogP contribution < -0.4 is 10.1 Å². The number of rotatable bonds is 5. The molecular formula is C14H19N3O. The summed E-state index contributed by atoms with van der Waals surface area (Å²) in [5.41, 5.74) is 2.07. The van der Waals surface area contributed by atoms with Gasteiger partial charge in [0, 0.05) is 24.0 Å². The summed E-state index contributed by atoms with van der Waals surface area (Å²) in [6.07, 6.45) is 2.01. The van der Waals surface area contributed by atoms with Crippen molar-refractivity contribution < 1.29 is 4.74 Å². The molecule has 0 aliphatic carbocycles. The molecule has 0 spiro atoms. The maximum Gasteiger partial charge on any atom is 0.120 e. The fourth-order valence-electron chi connectivity index (χ4n) is 1.68. The topological polar surface area (TPSA) is 39.1 Å². The lowest BCUT2D eigenvalue weighted by Crippen LogP contribution is -2.04. The van der Waals surface area contributed by atoms with E-state index in [9.17, 15) is 0 Å². The third-order valence-electron chi connectivity index (χ3n) is 2.74. The Labute approximate surface area is 108 Å². The summed E-state index contributed by atoms with van der Waals surface area (Å²) in [7, 11) is 1.67. The molecule has 0 saturated carbocycles. The molecule has 18 heavy (non-hydrogen) atoms. The molecule has 1 heterocycles. The van der Waals surface area contributed by atoms with Gasteiger partial charge in [0.1, 0.15) is 5.75 Å². The molecule has 4 heteroatoms. The fraction of sp³-hybridized carbons (Fsp3) is 0.357. The number of nitrogens with one attached hydrogen (secondary N) is 1. The van der Waals surface area contributed by atoms with Crippen molar-refractivity contribution in [1.29, 1.82) is 0 Å². The Balaban J connectivity index is 1.97. The van der Waals surface area contributed by atoms with Crippen molar-refractivity contribution in [3.8, 4) is 5.75 Å². The molecule has 1 N–H and O–H groups in total. The molecule has 1 aromatic carbocycles. The van der Waals surface area contributed by atoms with Crippen LogP contribution in [-0.4, -0.2) is 16.9 Å². The summed E-state index contributed by atoms with van der Waals surface area (Å²) in [5, 5.41) is 7.82. The summed E-state index contributed by atoms with van der Waals surface area (Å²) >= 11 is 0. The third-order valence-corrected chi connectivity index (χ3v) is 2.74. The first-order valence-corrected chi connectivity index (χ1v) is 6.11. The minimum absolute atomic E-state index is 0.399. The summed E-state index contributed by atoms with van der Waals surface area (Å²) in [5.74, 6) is 0.854. The van der Waals surface area contributed by atoms with Crippen LogP contribution in [0, 0.1) is 0 Å². The van der Waals surface area contributed by atoms with Gasteiger partial charge in [-0.3, -0.25) is 4.68 Å². The molecule has 0 fully saturated rings. The molecule has 0 bridgehead atoms. The van der Waals surface area contributed by atoms with Gasteiger partial charge in [0.05, 0.1) is 19.3 Å². The lowest BCUT2D eigenvalue weighted by atomic mass is 10.3. The van der Waals surface area contributed by atoms with Crippen molar-refractivity contribution in [3.05, 3.63) is 42.2 Å². The number of ether oxygens (including phenoxy) is 1. The summed E-state index contributed by atoms with van der Waals surface area (Å²) in [6.45, 7) is 4.95. The number of aromatic nitrogens is 2. The molecule has 2 rings (SSSR count). The van der Waals surface area contributed by atoms with E-state index in [4.69, 9.17) is 4.74 Å². The van der Waals surface area contributed by atoms with Gasteiger partial charge in [-0.25, -0.2) is 0 Å². The third kappa shape index (κ3) is 3.03. The molecule has 0 unspecified atom stereocenters. The van der Waals surface area contributed by atoms with Gasteiger partial charge in [-0.1, -0.05) is 6.07 Å². The van der Waals surface area contributed by atoms with Gasteiger partial charge in [-0.15, -0.1) is 0 Å². The molecule has 4 nitrogen and oxygen atoms in total. The van der Waals surface area contributed by atoms with E-state index in [0.29, 0.717) is 12.6 Å². The van der Waals surface area contributed by atoms with Gasteiger partial charge in [0.15, 0.2) is 0 Å². The lowest BCUT2D eigenvalue weighted by Gasteiger charge is -2.07. The predicted octanol–water partition coefficient (Wildman–Crippen LogP) is 3.08. The quantitative estimate of drug-likeness (QED) is 0.879. The Hall–Kier alpha value is -1.97. The van der Waals surface area contributed by atoms with Crippen LogP contribution in [0.3, 0.4) is 0 Å². The zero-order valence-corrected chi connectivity index (χ0v) is 11.1. The zero-order chi connectivity index (χ0) is 13.0. The van der Waals surface area contributed by atoms with Crippen LogP contribution >= 0.6 is 0 Å². The molecule has 1 aromatic heterocycles. The van der Waals surface area contributed by atoms with Gasteiger partial charge in [-0.05, 0) is 32.0 Å². The van der Waals surface area contributed by atoms with Gasteiger partial charge >= 0.3 is 0 Å². The van der Waals surface area contributed by atoms with E-state index in [1.807, 2.05) is 41.2 Å². The van der Waals surface area contributed by atoms with Crippen molar-refractivity contribution in [3.63, 3.8) is 0 Å². The normalized spacial score (nSPS) is 10.7. The van der Waals surface area contributed by atoms with Crippen molar-refractivity contribution in [1.82, 2.24) is 9.78 Å². The van der Waals surface area contributed by atoms with Crippen LogP contribution in [-0.2, 0) is 6.54 Å². The second-order valence-corrected chi connectivity index (χ2v) is 4.47. The molecule has 0 radical (unpaired) electrons. The van der Waals surface area contributed by atoms with Crippen LogP contribution in [0.2, 0.25) is 0 Å². The fourth-order valence-corrected chi connectivity index (χ4v) is 1.68. The van der Waals surface area contributed by atoms with E-state index >= 15 is 0 Å². The van der Waals surface area contributed by atoms with Crippen LogP contribution in [0.1, 0.15) is 25.6 Å². The SMILES string of the molecule is COc1cccc(NCc2ccn(C(C)C)n2)c1. The highest BCUT2D eigenvalue weighted by Gasteiger charge is 2.02. The monoisotopic (exact) mass is 245 g/mol. The van der Waals surface area contributed by atoms with Crippen molar-refractivity contribution in [2.24, 2.45) is 0 Å². The molecule has 2 aromatic rings. The second-order valence-electron chi connectivity index (χ2n) is 4.47. The van der Waals surface area contributed by atoms with E-state index in [-0.39, 0.29) is 0 Å². The average molecular weight is 245 g/mol. The highest BCUT2D eigenvalue weighted by atomic mass is 16.5. The minimum atomic E-state index is 0.399. The van der Waals surface area contributed by atoms with Crippen LogP contribution in [0.25, 0.3) is 0 Å². The first-order chi connectivity index (χ1) is 8.69. The summed E-state index contributed by atoms with van der Waals surface area (Å²) in [6, 6.07) is 10.3. The smallest absolute Gasteiger partial charge is 0.120 e. The van der Waals surface area contributed by atoms with Crippen molar-refractivity contribution in [2.45, 2.75) is 26.4 Å². The molecule has 0 saturated heterocycles. The Morgan fingerprint density at radius 1 is 1.33 bits per heavy atom. The molecular weight excluding hydrogens is 226 g/mol. The number of nitrogens with zero attached hydrogens (tertiary/aromatic N) is 2. The molecule has 0 aliphatic heterocycles. The minimum Gasteiger partial charge on any atom is -0.497 e. The molecule has 0 amide bonds. The van der Waals surface area contributed by atoms with Gasteiger partial charge in [0.2, 0.25) is 0 Å². The Morgan fingerprint density at radius 3 is 2.83 bits per heavy atom. The highest BCUT2D eigenvalue weighted by molar-refractivity contribution is 5.48. The van der Waals surface area contributed by atoms with E-state index in [0.717, 1.165) is 17.1 Å². The van der Waals surface area contributed by atoms with E-state index in [1.165, 1.54) is 0 Å². The van der Waals surface area contributed by atoms with Gasteiger partial charge in [0.25, 0.3) is 0 Å². The Bertz CT molecular complexity index is 505. The Kier molecular flexibility index (Phi) is 3.87. The number of anilines is 1. The molecule has 96 valence electrons. The standard InChI is InChI=1S/C14H19N3O/c1-11(2)17-8-7-13(16-17)10-15-12-5-4-6-14(9-12)18-3/h4-9,11,15H,10H2,1-3H3. The lowest BCUT2D eigenvalue weighted by molar-refractivity contribution is 0.415. The second kappa shape index (κ2) is 5.58. The molecule has 0 aliphatic rings. The van der Waals surface area contributed by atoms with Crippen LogP contribution in [0.4, 0.5) is 5.69 Å². The van der Waals surface area contributed by atoms with Gasteiger partial charge in [-0.2, -0.15) is 5.10 Å². The predicted molar refractivity (Wildman–Crippen MR) is 72.9 cm³/mol. The van der Waals surface area contributed by atoms with Crippen molar-refractivity contribution in [2.75, 3.05) is 12.4 Å². The maximum absolute atomic E-state index is 5.18. The first-order valence-electron chi connectivity index (χ1n) is 6.11. The zero-order valence-electron chi connectivity index (χ0n) is 11.1. The summed E-state index contributed by atoms with van der Waals surface area (Å²) in [4.78, 5) is 0. The number of hydrogen-bond acceptors (Lipinski definition) is 3. The number of hydrogen-bond donors (Lipinski definition) is 1.